The highest BCUT2D eigenvalue weighted by Gasteiger charge is 2.04. The van der Waals surface area contributed by atoms with Gasteiger partial charge in [-0.15, -0.1) is 6.42 Å². The summed E-state index contributed by atoms with van der Waals surface area (Å²) in [4.78, 5) is 10.9. The zero-order chi connectivity index (χ0) is 8.43. The average molecular weight is 169 g/mol. The first-order valence-corrected chi connectivity index (χ1v) is 3.30. The minimum absolute atomic E-state index is 0.0808. The molecule has 0 aliphatic heterocycles. The second-order valence-electron chi connectivity index (χ2n) is 2.01. The molecule has 0 aromatic carbocycles. The van der Waals surface area contributed by atoms with Crippen LogP contribution in [-0.4, -0.2) is 0 Å². The second-order valence-corrected chi connectivity index (χ2v) is 2.42. The van der Waals surface area contributed by atoms with Crippen LogP contribution in [0.5, 0.6) is 0 Å². The summed E-state index contributed by atoms with van der Waals surface area (Å²) in [6.07, 6.45) is 5.01. The van der Waals surface area contributed by atoms with E-state index in [4.69, 9.17) is 22.4 Å². The van der Waals surface area contributed by atoms with E-state index < -0.39 is 5.63 Å². The van der Waals surface area contributed by atoms with Gasteiger partial charge in [0.2, 0.25) is 0 Å². The Labute approximate surface area is 68.8 Å². The Bertz CT molecular complexity index is 371. The lowest BCUT2D eigenvalue weighted by Crippen LogP contribution is -2.04. The highest BCUT2D eigenvalue weighted by molar-refractivity contribution is 6.31. The molecule has 0 bridgehead atoms. The Morgan fingerprint density at radius 1 is 1.73 bits per heavy atom. The average Bonchev–Trinajstić information content (AvgIpc) is 1.85. The third-order valence-corrected chi connectivity index (χ3v) is 1.47. The fraction of sp³-hybridized carbons (Fsp3) is 0.125. The van der Waals surface area contributed by atoms with Gasteiger partial charge in [-0.05, 0) is 13.0 Å². The number of aryl methyl sites for hydroxylation is 1. The Morgan fingerprint density at radius 2 is 2.36 bits per heavy atom. The maximum atomic E-state index is 10.9. The van der Waals surface area contributed by atoms with E-state index in [0.717, 1.165) is 0 Å². The molecule has 0 N–H and O–H groups in total. The molecular weight excluding hydrogens is 164 g/mol. The van der Waals surface area contributed by atoms with Crippen molar-refractivity contribution in [3.8, 4) is 12.3 Å². The van der Waals surface area contributed by atoms with Crippen LogP contribution in [0.1, 0.15) is 11.3 Å². The van der Waals surface area contributed by atoms with Crippen molar-refractivity contribution in [3.63, 3.8) is 0 Å². The predicted octanol–water partition coefficient (Wildman–Crippen LogP) is 1.58. The largest absolute Gasteiger partial charge is 0.427 e. The van der Waals surface area contributed by atoms with Gasteiger partial charge in [-0.2, -0.15) is 0 Å². The molecule has 0 fully saturated rings. The van der Waals surface area contributed by atoms with Crippen molar-refractivity contribution in [2.24, 2.45) is 0 Å². The van der Waals surface area contributed by atoms with Gasteiger partial charge in [-0.25, -0.2) is 4.79 Å². The fourth-order valence-corrected chi connectivity index (χ4v) is 0.988. The molecule has 3 heteroatoms. The van der Waals surface area contributed by atoms with Crippen LogP contribution in [-0.2, 0) is 0 Å². The molecule has 0 atom stereocenters. The van der Waals surface area contributed by atoms with Crippen molar-refractivity contribution in [1.82, 2.24) is 0 Å². The fourth-order valence-electron chi connectivity index (χ4n) is 0.703. The van der Waals surface area contributed by atoms with Gasteiger partial charge in [0.1, 0.15) is 11.3 Å². The van der Waals surface area contributed by atoms with Crippen LogP contribution in [0.4, 0.5) is 0 Å². The molecule has 11 heavy (non-hydrogen) atoms. The standard InChI is InChI=1S/C8H5ClO2/c1-3-6-7(9)4-5(2)11-8(6)10/h1,4H,2H3. The summed E-state index contributed by atoms with van der Waals surface area (Å²) in [5, 5.41) is 0.265. The first kappa shape index (κ1) is 7.90. The molecule has 1 aromatic rings. The molecule has 0 saturated heterocycles. The summed E-state index contributed by atoms with van der Waals surface area (Å²) >= 11 is 5.63. The Hall–Kier alpha value is -1.20. The molecule has 0 amide bonds. The third kappa shape index (κ3) is 1.44. The summed E-state index contributed by atoms with van der Waals surface area (Å²) in [5.41, 5.74) is -0.477. The first-order chi connectivity index (χ1) is 5.15. The Kier molecular flexibility index (Phi) is 2.02. The van der Waals surface area contributed by atoms with Gasteiger partial charge in [-0.3, -0.25) is 0 Å². The zero-order valence-electron chi connectivity index (χ0n) is 5.85. The van der Waals surface area contributed by atoms with Gasteiger partial charge >= 0.3 is 5.63 Å². The molecule has 2 nitrogen and oxygen atoms in total. The van der Waals surface area contributed by atoms with Crippen LogP contribution in [0.15, 0.2) is 15.3 Å². The maximum Gasteiger partial charge on any atom is 0.353 e. The number of terminal acetylenes is 1. The van der Waals surface area contributed by atoms with Crippen LogP contribution in [0, 0.1) is 19.3 Å². The molecule has 1 aromatic heterocycles. The van der Waals surface area contributed by atoms with E-state index in [1.165, 1.54) is 6.07 Å². The topological polar surface area (TPSA) is 30.2 Å². The zero-order valence-corrected chi connectivity index (χ0v) is 6.61. The number of rotatable bonds is 0. The summed E-state index contributed by atoms with van der Waals surface area (Å²) < 4.78 is 4.70. The summed E-state index contributed by atoms with van der Waals surface area (Å²) in [7, 11) is 0. The van der Waals surface area contributed by atoms with Crippen LogP contribution in [0.2, 0.25) is 5.02 Å². The maximum absolute atomic E-state index is 10.9. The smallest absolute Gasteiger partial charge is 0.353 e. The van der Waals surface area contributed by atoms with E-state index in [1.807, 2.05) is 0 Å². The van der Waals surface area contributed by atoms with Crippen molar-refractivity contribution < 1.29 is 4.42 Å². The number of hydrogen-bond donors (Lipinski definition) is 0. The van der Waals surface area contributed by atoms with E-state index in [9.17, 15) is 4.79 Å². The molecule has 0 aliphatic rings. The van der Waals surface area contributed by atoms with Gasteiger partial charge in [0.05, 0.1) is 5.02 Å². The molecule has 0 unspecified atom stereocenters. The van der Waals surface area contributed by atoms with Crippen molar-refractivity contribution in [1.29, 1.82) is 0 Å². The van der Waals surface area contributed by atoms with Gasteiger partial charge in [-0.1, -0.05) is 17.5 Å². The van der Waals surface area contributed by atoms with Gasteiger partial charge in [0.25, 0.3) is 0 Å². The van der Waals surface area contributed by atoms with E-state index in [-0.39, 0.29) is 10.6 Å². The molecular formula is C8H5ClO2. The van der Waals surface area contributed by atoms with E-state index in [2.05, 4.69) is 5.92 Å². The SMILES string of the molecule is C#Cc1c(Cl)cc(C)oc1=O. The van der Waals surface area contributed by atoms with Crippen molar-refractivity contribution in [3.05, 3.63) is 32.8 Å². The lowest BCUT2D eigenvalue weighted by Gasteiger charge is -1.94. The Balaban J connectivity index is 3.53. The Morgan fingerprint density at radius 3 is 2.82 bits per heavy atom. The monoisotopic (exact) mass is 168 g/mol. The first-order valence-electron chi connectivity index (χ1n) is 2.92. The minimum Gasteiger partial charge on any atom is -0.427 e. The number of hydrogen-bond acceptors (Lipinski definition) is 2. The highest BCUT2D eigenvalue weighted by Crippen LogP contribution is 2.11. The normalized spacial score (nSPS) is 9.18. The minimum atomic E-state index is -0.558. The van der Waals surface area contributed by atoms with Gasteiger partial charge in [0.15, 0.2) is 0 Å². The van der Waals surface area contributed by atoms with Crippen LogP contribution in [0.25, 0.3) is 0 Å². The van der Waals surface area contributed by atoms with Gasteiger partial charge < -0.3 is 4.42 Å². The van der Waals surface area contributed by atoms with E-state index in [1.54, 1.807) is 6.92 Å². The van der Waals surface area contributed by atoms with Crippen LogP contribution in [0.3, 0.4) is 0 Å². The molecule has 1 heterocycles. The van der Waals surface area contributed by atoms with E-state index >= 15 is 0 Å². The molecule has 0 saturated carbocycles. The van der Waals surface area contributed by atoms with Crippen molar-refractivity contribution >= 4 is 11.6 Å². The molecule has 0 radical (unpaired) electrons. The van der Waals surface area contributed by atoms with Crippen LogP contribution >= 0.6 is 11.6 Å². The molecule has 0 aliphatic carbocycles. The lowest BCUT2D eigenvalue weighted by atomic mass is 10.3. The summed E-state index contributed by atoms with van der Waals surface area (Å²) in [6, 6.07) is 1.51. The predicted molar refractivity (Wildman–Crippen MR) is 42.7 cm³/mol. The molecule has 56 valence electrons. The summed E-state index contributed by atoms with van der Waals surface area (Å²) in [5.74, 6) is 2.61. The quantitative estimate of drug-likeness (QED) is 0.551. The second kappa shape index (κ2) is 2.81. The van der Waals surface area contributed by atoms with E-state index in [0.29, 0.717) is 5.76 Å². The lowest BCUT2D eigenvalue weighted by molar-refractivity contribution is 0.478. The van der Waals surface area contributed by atoms with Crippen LogP contribution < -0.4 is 5.63 Å². The van der Waals surface area contributed by atoms with Gasteiger partial charge in [0, 0.05) is 0 Å². The molecule has 1 rings (SSSR count). The van der Waals surface area contributed by atoms with Crippen molar-refractivity contribution in [2.45, 2.75) is 6.92 Å². The third-order valence-electron chi connectivity index (χ3n) is 1.17. The molecule has 0 spiro atoms. The summed E-state index contributed by atoms with van der Waals surface area (Å²) in [6.45, 7) is 1.63. The number of halogens is 1. The highest BCUT2D eigenvalue weighted by atomic mass is 35.5. The van der Waals surface area contributed by atoms with Crippen molar-refractivity contribution in [2.75, 3.05) is 0 Å².